The second-order valence-corrected chi connectivity index (χ2v) is 13.1. The van der Waals surface area contributed by atoms with Crippen LogP contribution in [0.1, 0.15) is 43.1 Å². The maximum atomic E-state index is 14.1. The number of benzene rings is 2. The minimum Gasteiger partial charge on any atom is -0.345 e. The van der Waals surface area contributed by atoms with E-state index in [1.54, 1.807) is 12.1 Å². The van der Waals surface area contributed by atoms with E-state index in [1.807, 2.05) is 20.8 Å². The Morgan fingerprint density at radius 2 is 1.62 bits per heavy atom. The molecule has 2 aromatic rings. The predicted molar refractivity (Wildman–Crippen MR) is 129 cm³/mol. The van der Waals surface area contributed by atoms with Crippen LogP contribution in [-0.2, 0) is 30.1 Å². The Kier molecular flexibility index (Phi) is 8.49. The van der Waals surface area contributed by atoms with E-state index >= 15 is 0 Å². The molecule has 186 valence electrons. The molecule has 1 amide bonds. The SMILES string of the molecule is CC(C)(C)c1ccc(S(=O)(=O)Nc2cc(F)c(Cl)cc2C(=O)NCC(=O)CCS(C)(=O)=O)cc1. The molecule has 0 aliphatic carbocycles. The van der Waals surface area contributed by atoms with Gasteiger partial charge in [0.25, 0.3) is 15.9 Å². The highest BCUT2D eigenvalue weighted by atomic mass is 35.5. The number of nitrogens with one attached hydrogen (secondary N) is 2. The molecule has 2 N–H and O–H groups in total. The normalized spacial score (nSPS) is 12.3. The van der Waals surface area contributed by atoms with Gasteiger partial charge in [-0.25, -0.2) is 21.2 Å². The van der Waals surface area contributed by atoms with Crippen molar-refractivity contribution in [3.8, 4) is 0 Å². The second-order valence-electron chi connectivity index (χ2n) is 8.79. The number of Topliss-reactive ketones (excluding diaryl/α,β-unsaturated/α-hetero) is 1. The minimum absolute atomic E-state index is 0.0989. The van der Waals surface area contributed by atoms with Crippen molar-refractivity contribution in [1.82, 2.24) is 5.32 Å². The fraction of sp³-hybridized carbons (Fsp3) is 0.364. The molecule has 0 aliphatic heterocycles. The standard InChI is InChI=1S/C22H26ClFN2O6S2/c1-22(2,3)14-5-7-16(8-6-14)34(31,32)26-20-12-19(24)18(23)11-17(20)21(28)25-13-15(27)9-10-33(4,29)30/h5-8,11-12,26H,9-10,13H2,1-4H3,(H,25,28). The summed E-state index contributed by atoms with van der Waals surface area (Å²) in [6.45, 7) is 5.43. The van der Waals surface area contributed by atoms with E-state index in [2.05, 4.69) is 10.0 Å². The molecule has 8 nitrogen and oxygen atoms in total. The average molecular weight is 533 g/mol. The molecular weight excluding hydrogens is 507 g/mol. The summed E-state index contributed by atoms with van der Waals surface area (Å²) in [5.74, 6) is -2.77. The molecule has 0 aliphatic rings. The quantitative estimate of drug-likeness (QED) is 0.510. The molecule has 0 fully saturated rings. The van der Waals surface area contributed by atoms with E-state index in [1.165, 1.54) is 12.1 Å². The topological polar surface area (TPSA) is 126 Å². The van der Waals surface area contributed by atoms with Gasteiger partial charge in [-0.2, -0.15) is 0 Å². The van der Waals surface area contributed by atoms with Gasteiger partial charge in [0.1, 0.15) is 15.7 Å². The zero-order valence-corrected chi connectivity index (χ0v) is 21.5. The first-order chi connectivity index (χ1) is 15.5. The fourth-order valence-electron chi connectivity index (χ4n) is 2.82. The van der Waals surface area contributed by atoms with Crippen molar-refractivity contribution in [2.24, 2.45) is 0 Å². The number of hydrogen-bond acceptors (Lipinski definition) is 6. The van der Waals surface area contributed by atoms with E-state index in [4.69, 9.17) is 11.6 Å². The molecule has 0 aromatic heterocycles. The van der Waals surface area contributed by atoms with Crippen LogP contribution in [0, 0.1) is 5.82 Å². The number of amides is 1. The summed E-state index contributed by atoms with van der Waals surface area (Å²) in [6.07, 6.45) is 0.682. The van der Waals surface area contributed by atoms with Crippen LogP contribution >= 0.6 is 11.6 Å². The Bertz CT molecular complexity index is 1300. The van der Waals surface area contributed by atoms with Crippen LogP contribution in [0.4, 0.5) is 10.1 Å². The van der Waals surface area contributed by atoms with Crippen molar-refractivity contribution < 1.29 is 30.8 Å². The Labute approximate surface area is 203 Å². The number of anilines is 1. The van der Waals surface area contributed by atoms with Gasteiger partial charge in [-0.1, -0.05) is 44.5 Å². The van der Waals surface area contributed by atoms with Crippen LogP contribution in [0.25, 0.3) is 0 Å². The van der Waals surface area contributed by atoms with Crippen molar-refractivity contribution in [2.45, 2.75) is 37.5 Å². The molecule has 0 bridgehead atoms. The molecule has 0 saturated carbocycles. The number of sulfone groups is 1. The van der Waals surface area contributed by atoms with Crippen LogP contribution < -0.4 is 10.0 Å². The van der Waals surface area contributed by atoms with Crippen LogP contribution in [0.3, 0.4) is 0 Å². The molecule has 2 rings (SSSR count). The van der Waals surface area contributed by atoms with Gasteiger partial charge in [0.05, 0.1) is 33.5 Å². The lowest BCUT2D eigenvalue weighted by Gasteiger charge is -2.19. The Morgan fingerprint density at radius 3 is 2.15 bits per heavy atom. The summed E-state index contributed by atoms with van der Waals surface area (Å²) < 4.78 is 64.4. The van der Waals surface area contributed by atoms with Crippen LogP contribution in [0.5, 0.6) is 0 Å². The van der Waals surface area contributed by atoms with Gasteiger partial charge in [-0.3, -0.25) is 14.3 Å². The van der Waals surface area contributed by atoms with E-state index in [0.717, 1.165) is 24.0 Å². The van der Waals surface area contributed by atoms with E-state index in [0.29, 0.717) is 0 Å². The molecule has 0 saturated heterocycles. The number of rotatable bonds is 9. The second kappa shape index (κ2) is 10.4. The van der Waals surface area contributed by atoms with Gasteiger partial charge in [-0.15, -0.1) is 0 Å². The Morgan fingerprint density at radius 1 is 1.03 bits per heavy atom. The molecule has 0 heterocycles. The zero-order chi connectivity index (χ0) is 25.9. The zero-order valence-electron chi connectivity index (χ0n) is 19.1. The summed E-state index contributed by atoms with van der Waals surface area (Å²) in [5.41, 5.74) is 0.0312. The summed E-state index contributed by atoms with van der Waals surface area (Å²) in [4.78, 5) is 24.4. The fourth-order valence-corrected chi connectivity index (χ4v) is 4.65. The van der Waals surface area contributed by atoms with Gasteiger partial charge >= 0.3 is 0 Å². The number of carbonyl (C=O) groups excluding carboxylic acids is 2. The van der Waals surface area contributed by atoms with Crippen molar-refractivity contribution in [1.29, 1.82) is 0 Å². The molecule has 2 aromatic carbocycles. The number of halogens is 2. The summed E-state index contributed by atoms with van der Waals surface area (Å²) >= 11 is 5.77. The van der Waals surface area contributed by atoms with Crippen LogP contribution in [0.2, 0.25) is 5.02 Å². The summed E-state index contributed by atoms with van der Waals surface area (Å²) in [5, 5.41) is 1.85. The third-order valence-corrected chi connectivity index (χ3v) is 7.39. The van der Waals surface area contributed by atoms with Crippen molar-refractivity contribution in [2.75, 3.05) is 23.3 Å². The van der Waals surface area contributed by atoms with E-state index in [9.17, 15) is 30.8 Å². The highest BCUT2D eigenvalue weighted by molar-refractivity contribution is 7.92. The van der Waals surface area contributed by atoms with Gasteiger partial charge in [-0.05, 0) is 29.2 Å². The smallest absolute Gasteiger partial charge is 0.261 e. The van der Waals surface area contributed by atoms with Crippen molar-refractivity contribution >= 4 is 48.8 Å². The summed E-state index contributed by atoms with van der Waals surface area (Å²) in [7, 11) is -7.54. The maximum absolute atomic E-state index is 14.1. The lowest BCUT2D eigenvalue weighted by Crippen LogP contribution is -2.31. The number of ketones is 1. The molecule has 0 unspecified atom stereocenters. The number of hydrogen-bond donors (Lipinski definition) is 2. The maximum Gasteiger partial charge on any atom is 0.261 e. The summed E-state index contributed by atoms with van der Waals surface area (Å²) in [6, 6.07) is 7.82. The highest BCUT2D eigenvalue weighted by Gasteiger charge is 2.22. The molecule has 12 heteroatoms. The first kappa shape index (κ1) is 27.7. The van der Waals surface area contributed by atoms with E-state index in [-0.39, 0.29) is 33.7 Å². The third-order valence-electron chi connectivity index (χ3n) is 4.78. The molecule has 0 atom stereocenters. The van der Waals surface area contributed by atoms with Gasteiger partial charge in [0.15, 0.2) is 5.78 Å². The molecule has 0 spiro atoms. The first-order valence-electron chi connectivity index (χ1n) is 10.1. The largest absolute Gasteiger partial charge is 0.345 e. The first-order valence-corrected chi connectivity index (χ1v) is 14.0. The Balaban J connectivity index is 2.26. The van der Waals surface area contributed by atoms with Gasteiger partial charge in [0.2, 0.25) is 0 Å². The lowest BCUT2D eigenvalue weighted by atomic mass is 9.87. The highest BCUT2D eigenvalue weighted by Crippen LogP contribution is 2.28. The van der Waals surface area contributed by atoms with Crippen molar-refractivity contribution in [3.63, 3.8) is 0 Å². The third kappa shape index (κ3) is 7.78. The molecule has 34 heavy (non-hydrogen) atoms. The van der Waals surface area contributed by atoms with E-state index < -0.39 is 48.9 Å². The minimum atomic E-state index is -4.19. The monoisotopic (exact) mass is 532 g/mol. The lowest BCUT2D eigenvalue weighted by molar-refractivity contribution is -0.117. The van der Waals surface area contributed by atoms with Crippen LogP contribution in [0.15, 0.2) is 41.3 Å². The average Bonchev–Trinajstić information content (AvgIpc) is 2.71. The van der Waals surface area contributed by atoms with Crippen molar-refractivity contribution in [3.05, 3.63) is 58.4 Å². The van der Waals surface area contributed by atoms with Gasteiger partial charge < -0.3 is 5.32 Å². The molecular formula is C22H26ClFN2O6S2. The Hall–Kier alpha value is -2.50. The molecule has 0 radical (unpaired) electrons. The number of sulfonamides is 1. The van der Waals surface area contributed by atoms with Crippen LogP contribution in [-0.4, -0.2) is 47.1 Å². The number of carbonyl (C=O) groups is 2. The predicted octanol–water partition coefficient (Wildman–Crippen LogP) is 3.31. The van der Waals surface area contributed by atoms with Gasteiger partial charge in [0, 0.05) is 18.7 Å².